The van der Waals surface area contributed by atoms with Gasteiger partial charge in [-0.05, 0) is 42.5 Å². The molecule has 0 bridgehead atoms. The van der Waals surface area contributed by atoms with E-state index < -0.39 is 0 Å². The summed E-state index contributed by atoms with van der Waals surface area (Å²) < 4.78 is 7.79. The number of aromatic nitrogens is 1. The van der Waals surface area contributed by atoms with Crippen LogP contribution in [0.2, 0.25) is 0 Å². The summed E-state index contributed by atoms with van der Waals surface area (Å²) in [6.45, 7) is 4.79. The second-order valence-electron chi connectivity index (χ2n) is 6.94. The van der Waals surface area contributed by atoms with Gasteiger partial charge in [-0.25, -0.2) is 0 Å². The van der Waals surface area contributed by atoms with E-state index in [4.69, 9.17) is 4.74 Å². The van der Waals surface area contributed by atoms with Crippen molar-refractivity contribution in [1.29, 1.82) is 0 Å². The highest BCUT2D eigenvalue weighted by Gasteiger charge is 2.22. The van der Waals surface area contributed by atoms with Crippen molar-refractivity contribution in [2.24, 2.45) is 0 Å². The Kier molecular flexibility index (Phi) is 5.73. The maximum absolute atomic E-state index is 12.9. The molecule has 0 unspecified atom stereocenters. The highest BCUT2D eigenvalue weighted by atomic mass is 16.5. The summed E-state index contributed by atoms with van der Waals surface area (Å²) in [5, 5.41) is 0. The molecule has 28 heavy (non-hydrogen) atoms. The summed E-state index contributed by atoms with van der Waals surface area (Å²) in [5.41, 5.74) is 1.75. The minimum absolute atomic E-state index is 0.106. The molecule has 1 aliphatic heterocycles. The van der Waals surface area contributed by atoms with Gasteiger partial charge in [0.05, 0.1) is 0 Å². The van der Waals surface area contributed by atoms with Gasteiger partial charge in [-0.2, -0.15) is 0 Å². The zero-order valence-corrected chi connectivity index (χ0v) is 15.9. The topological polar surface area (TPSA) is 37.7 Å². The Bertz CT molecular complexity index is 885. The Morgan fingerprint density at radius 1 is 0.857 bits per heavy atom. The number of piperazine rings is 1. The van der Waals surface area contributed by atoms with Gasteiger partial charge in [0, 0.05) is 56.4 Å². The van der Waals surface area contributed by atoms with Gasteiger partial charge in [0.1, 0.15) is 12.4 Å². The Morgan fingerprint density at radius 3 is 2.36 bits per heavy atom. The van der Waals surface area contributed by atoms with Crippen LogP contribution in [0.3, 0.4) is 0 Å². The summed E-state index contributed by atoms with van der Waals surface area (Å²) >= 11 is 0. The average Bonchev–Trinajstić information content (AvgIpc) is 3.30. The molecule has 0 N–H and O–H groups in total. The van der Waals surface area contributed by atoms with E-state index >= 15 is 0 Å². The molecule has 4 rings (SSSR count). The number of carbonyl (C=O) groups is 1. The molecule has 1 aromatic heterocycles. The van der Waals surface area contributed by atoms with Gasteiger partial charge in [-0.15, -0.1) is 0 Å². The van der Waals surface area contributed by atoms with E-state index in [1.54, 1.807) is 0 Å². The minimum atomic E-state index is 0.106. The number of nitrogens with zero attached hydrogens (tertiary/aromatic N) is 3. The SMILES string of the molecule is O=C(c1cccc(-n2cccc2)c1)N1CCN(CCOc2ccccc2)CC1. The number of ether oxygens (including phenoxy) is 1. The third-order valence-corrected chi connectivity index (χ3v) is 5.07. The highest BCUT2D eigenvalue weighted by molar-refractivity contribution is 5.94. The van der Waals surface area contributed by atoms with Crippen LogP contribution in [0, 0.1) is 0 Å². The first kappa shape index (κ1) is 18.3. The Hall–Kier alpha value is -3.05. The van der Waals surface area contributed by atoms with E-state index in [-0.39, 0.29) is 5.91 Å². The van der Waals surface area contributed by atoms with Crippen molar-refractivity contribution in [3.63, 3.8) is 0 Å². The van der Waals surface area contributed by atoms with E-state index in [0.29, 0.717) is 6.61 Å². The molecule has 5 nitrogen and oxygen atoms in total. The van der Waals surface area contributed by atoms with Crippen LogP contribution in [-0.4, -0.2) is 59.6 Å². The summed E-state index contributed by atoms with van der Waals surface area (Å²) in [7, 11) is 0. The van der Waals surface area contributed by atoms with Gasteiger partial charge in [-0.3, -0.25) is 9.69 Å². The zero-order valence-electron chi connectivity index (χ0n) is 15.9. The molecular weight excluding hydrogens is 350 g/mol. The number of amides is 1. The van der Waals surface area contributed by atoms with Gasteiger partial charge in [0.25, 0.3) is 5.91 Å². The second-order valence-corrected chi connectivity index (χ2v) is 6.94. The lowest BCUT2D eigenvalue weighted by Gasteiger charge is -2.34. The van der Waals surface area contributed by atoms with Crippen molar-refractivity contribution < 1.29 is 9.53 Å². The quantitative estimate of drug-likeness (QED) is 0.663. The number of hydrogen-bond acceptors (Lipinski definition) is 3. The fourth-order valence-corrected chi connectivity index (χ4v) is 3.47. The lowest BCUT2D eigenvalue weighted by Crippen LogP contribution is -2.49. The lowest BCUT2D eigenvalue weighted by molar-refractivity contribution is 0.0620. The largest absolute Gasteiger partial charge is 0.492 e. The standard InChI is InChI=1S/C23H25N3O2/c27-23(20-7-6-8-21(19-20)25-11-4-5-12-25)26-15-13-24(14-16-26)17-18-28-22-9-2-1-3-10-22/h1-12,19H,13-18H2. The zero-order chi connectivity index (χ0) is 19.2. The molecule has 2 aromatic carbocycles. The molecule has 0 saturated carbocycles. The number of benzene rings is 2. The normalized spacial score (nSPS) is 14.8. The fourth-order valence-electron chi connectivity index (χ4n) is 3.47. The first-order valence-electron chi connectivity index (χ1n) is 9.72. The van der Waals surface area contributed by atoms with Crippen molar-refractivity contribution >= 4 is 5.91 Å². The van der Waals surface area contributed by atoms with Crippen LogP contribution in [0.4, 0.5) is 0 Å². The van der Waals surface area contributed by atoms with Crippen molar-refractivity contribution in [2.45, 2.75) is 0 Å². The number of para-hydroxylation sites is 1. The van der Waals surface area contributed by atoms with Crippen molar-refractivity contribution in [3.05, 3.63) is 84.7 Å². The van der Waals surface area contributed by atoms with Gasteiger partial charge in [0.2, 0.25) is 0 Å². The maximum Gasteiger partial charge on any atom is 0.254 e. The fraction of sp³-hybridized carbons (Fsp3) is 0.261. The Balaban J connectivity index is 1.28. The molecule has 1 aliphatic rings. The van der Waals surface area contributed by atoms with Crippen molar-refractivity contribution in [1.82, 2.24) is 14.4 Å². The molecule has 1 amide bonds. The van der Waals surface area contributed by atoms with E-state index in [0.717, 1.165) is 49.7 Å². The third-order valence-electron chi connectivity index (χ3n) is 5.07. The summed E-state index contributed by atoms with van der Waals surface area (Å²) in [4.78, 5) is 17.2. The molecule has 1 saturated heterocycles. The highest BCUT2D eigenvalue weighted by Crippen LogP contribution is 2.14. The molecule has 144 valence electrons. The first-order chi connectivity index (χ1) is 13.8. The molecule has 0 aliphatic carbocycles. The first-order valence-corrected chi connectivity index (χ1v) is 9.72. The molecular formula is C23H25N3O2. The minimum Gasteiger partial charge on any atom is -0.492 e. The predicted molar refractivity (Wildman–Crippen MR) is 110 cm³/mol. The molecule has 2 heterocycles. The van der Waals surface area contributed by atoms with Crippen LogP contribution < -0.4 is 4.74 Å². The van der Waals surface area contributed by atoms with Crippen LogP contribution in [0.15, 0.2) is 79.1 Å². The number of rotatable bonds is 6. The molecule has 1 fully saturated rings. The van der Waals surface area contributed by atoms with Crippen LogP contribution >= 0.6 is 0 Å². The smallest absolute Gasteiger partial charge is 0.254 e. The summed E-state index contributed by atoms with van der Waals surface area (Å²) in [6, 6.07) is 21.7. The second kappa shape index (κ2) is 8.76. The van der Waals surface area contributed by atoms with E-state index in [2.05, 4.69) is 4.90 Å². The third kappa shape index (κ3) is 4.43. The summed E-state index contributed by atoms with van der Waals surface area (Å²) in [6.07, 6.45) is 3.97. The van der Waals surface area contributed by atoms with E-state index in [9.17, 15) is 4.79 Å². The molecule has 0 atom stereocenters. The molecule has 0 radical (unpaired) electrons. The van der Waals surface area contributed by atoms with Crippen molar-refractivity contribution in [3.8, 4) is 11.4 Å². The van der Waals surface area contributed by atoms with Crippen LogP contribution in [0.5, 0.6) is 5.75 Å². The van der Waals surface area contributed by atoms with Crippen molar-refractivity contribution in [2.75, 3.05) is 39.3 Å². The Morgan fingerprint density at radius 2 is 1.61 bits per heavy atom. The van der Waals surface area contributed by atoms with Gasteiger partial charge in [-0.1, -0.05) is 24.3 Å². The van der Waals surface area contributed by atoms with Gasteiger partial charge in [0.15, 0.2) is 0 Å². The van der Waals surface area contributed by atoms with Crippen LogP contribution in [-0.2, 0) is 0 Å². The molecule has 0 spiro atoms. The van der Waals surface area contributed by atoms with Gasteiger partial charge < -0.3 is 14.2 Å². The van der Waals surface area contributed by atoms with Crippen LogP contribution in [0.1, 0.15) is 10.4 Å². The summed E-state index contributed by atoms with van der Waals surface area (Å²) in [5.74, 6) is 1.01. The lowest BCUT2D eigenvalue weighted by atomic mass is 10.1. The maximum atomic E-state index is 12.9. The Labute approximate surface area is 165 Å². The van der Waals surface area contributed by atoms with Crippen LogP contribution in [0.25, 0.3) is 5.69 Å². The number of carbonyl (C=O) groups excluding carboxylic acids is 1. The monoisotopic (exact) mass is 375 g/mol. The van der Waals surface area contributed by atoms with Gasteiger partial charge >= 0.3 is 0 Å². The predicted octanol–water partition coefficient (Wildman–Crippen LogP) is 3.31. The van der Waals surface area contributed by atoms with E-state index in [1.807, 2.05) is 88.6 Å². The number of hydrogen-bond donors (Lipinski definition) is 0. The van der Waals surface area contributed by atoms with E-state index in [1.165, 1.54) is 0 Å². The molecule has 5 heteroatoms. The molecule has 3 aromatic rings. The average molecular weight is 375 g/mol.